The number of rotatable bonds is 4. The molecule has 0 radical (unpaired) electrons. The molecule has 3 rings (SSSR count). The quantitative estimate of drug-likeness (QED) is 0.796. The molecule has 2 heterocycles. The van der Waals surface area contributed by atoms with Gasteiger partial charge in [0.1, 0.15) is 11.6 Å². The van der Waals surface area contributed by atoms with Gasteiger partial charge in [-0.25, -0.2) is 0 Å². The number of nitrogen functional groups attached to an aromatic ring is 1. The smallest absolute Gasteiger partial charge is 0.223 e. The van der Waals surface area contributed by atoms with Crippen LogP contribution in [0.5, 0.6) is 0 Å². The SMILES string of the molecule is CNc1cc(N2CCCC(O)(Cc3ccccc3)C2)nc(N)n1. The third-order valence-corrected chi connectivity index (χ3v) is 4.24. The van der Waals surface area contributed by atoms with Crippen molar-refractivity contribution in [3.8, 4) is 0 Å². The maximum atomic E-state index is 11.0. The average Bonchev–Trinajstić information content (AvgIpc) is 2.54. The lowest BCUT2D eigenvalue weighted by Gasteiger charge is -2.40. The minimum absolute atomic E-state index is 0.240. The largest absolute Gasteiger partial charge is 0.388 e. The van der Waals surface area contributed by atoms with Crippen molar-refractivity contribution < 1.29 is 5.11 Å². The van der Waals surface area contributed by atoms with Crippen LogP contribution in [0.4, 0.5) is 17.6 Å². The zero-order valence-corrected chi connectivity index (χ0v) is 13.4. The van der Waals surface area contributed by atoms with E-state index in [-0.39, 0.29) is 5.95 Å². The van der Waals surface area contributed by atoms with E-state index in [2.05, 4.69) is 32.3 Å². The molecule has 1 fully saturated rings. The summed E-state index contributed by atoms with van der Waals surface area (Å²) in [5.41, 5.74) is 6.18. The van der Waals surface area contributed by atoms with E-state index in [4.69, 9.17) is 5.73 Å². The van der Waals surface area contributed by atoms with Crippen LogP contribution in [0, 0.1) is 0 Å². The summed E-state index contributed by atoms with van der Waals surface area (Å²) in [7, 11) is 1.80. The Hall–Kier alpha value is -2.34. The van der Waals surface area contributed by atoms with E-state index < -0.39 is 5.60 Å². The molecule has 1 aromatic carbocycles. The Bertz CT molecular complexity index is 663. The molecule has 6 nitrogen and oxygen atoms in total. The maximum absolute atomic E-state index is 11.0. The summed E-state index contributed by atoms with van der Waals surface area (Å²) in [6.07, 6.45) is 2.35. The summed E-state index contributed by atoms with van der Waals surface area (Å²) in [6, 6.07) is 12.0. The Morgan fingerprint density at radius 1 is 1.30 bits per heavy atom. The normalized spacial score (nSPS) is 21.2. The second-order valence-corrected chi connectivity index (χ2v) is 6.13. The molecule has 1 saturated heterocycles. The van der Waals surface area contributed by atoms with Crippen molar-refractivity contribution in [3.05, 3.63) is 42.0 Å². The summed E-state index contributed by atoms with van der Waals surface area (Å²) in [6.45, 7) is 1.40. The zero-order chi connectivity index (χ0) is 16.3. The molecule has 6 heteroatoms. The number of nitrogens with one attached hydrogen (secondary N) is 1. The van der Waals surface area contributed by atoms with Crippen LogP contribution in [0.2, 0.25) is 0 Å². The topological polar surface area (TPSA) is 87.3 Å². The minimum atomic E-state index is -0.751. The third kappa shape index (κ3) is 3.71. The van der Waals surface area contributed by atoms with Crippen molar-refractivity contribution in [1.29, 1.82) is 0 Å². The molecule has 0 aliphatic carbocycles. The van der Waals surface area contributed by atoms with E-state index in [1.807, 2.05) is 24.3 Å². The second-order valence-electron chi connectivity index (χ2n) is 6.13. The Kier molecular flexibility index (Phi) is 4.34. The van der Waals surface area contributed by atoms with E-state index in [0.29, 0.717) is 18.8 Å². The van der Waals surface area contributed by atoms with Gasteiger partial charge in [-0.1, -0.05) is 30.3 Å². The molecule has 0 spiro atoms. The van der Waals surface area contributed by atoms with Crippen LogP contribution in [0.25, 0.3) is 0 Å². The molecule has 2 aromatic rings. The summed E-state index contributed by atoms with van der Waals surface area (Å²) >= 11 is 0. The number of aliphatic hydroxyl groups is 1. The second kappa shape index (κ2) is 6.42. The number of anilines is 3. The van der Waals surface area contributed by atoms with Crippen LogP contribution in [0.15, 0.2) is 36.4 Å². The van der Waals surface area contributed by atoms with Crippen molar-refractivity contribution >= 4 is 17.6 Å². The van der Waals surface area contributed by atoms with Gasteiger partial charge >= 0.3 is 0 Å². The Morgan fingerprint density at radius 2 is 2.09 bits per heavy atom. The lowest BCUT2D eigenvalue weighted by molar-refractivity contribution is 0.0261. The standard InChI is InChI=1S/C17H23N5O/c1-19-14-10-15(21-16(18)20-14)22-9-5-8-17(23,12-22)11-13-6-3-2-4-7-13/h2-4,6-7,10,23H,5,8-9,11-12H2,1H3,(H3,18,19,20,21). The van der Waals surface area contributed by atoms with Crippen molar-refractivity contribution in [2.45, 2.75) is 24.9 Å². The molecular formula is C17H23N5O. The highest BCUT2D eigenvalue weighted by Gasteiger charge is 2.34. The minimum Gasteiger partial charge on any atom is -0.388 e. The Balaban J connectivity index is 1.79. The van der Waals surface area contributed by atoms with Gasteiger partial charge in [0.25, 0.3) is 0 Å². The lowest BCUT2D eigenvalue weighted by atomic mass is 9.86. The van der Waals surface area contributed by atoms with E-state index >= 15 is 0 Å². The molecule has 0 saturated carbocycles. The molecule has 0 amide bonds. The van der Waals surface area contributed by atoms with Crippen LogP contribution in [0.1, 0.15) is 18.4 Å². The average molecular weight is 313 g/mol. The van der Waals surface area contributed by atoms with Crippen molar-refractivity contribution in [2.75, 3.05) is 36.1 Å². The van der Waals surface area contributed by atoms with Crippen molar-refractivity contribution in [3.63, 3.8) is 0 Å². The van der Waals surface area contributed by atoms with Gasteiger partial charge in [0, 0.05) is 32.6 Å². The molecule has 0 bridgehead atoms. The number of piperidine rings is 1. The van der Waals surface area contributed by atoms with Crippen LogP contribution < -0.4 is 16.0 Å². The number of aromatic nitrogens is 2. The van der Waals surface area contributed by atoms with Gasteiger partial charge in [-0.05, 0) is 18.4 Å². The fourth-order valence-electron chi connectivity index (χ4n) is 3.17. The fourth-order valence-corrected chi connectivity index (χ4v) is 3.17. The first kappa shape index (κ1) is 15.6. The van der Waals surface area contributed by atoms with Gasteiger partial charge in [0.05, 0.1) is 5.60 Å². The van der Waals surface area contributed by atoms with Gasteiger partial charge in [-0.15, -0.1) is 0 Å². The van der Waals surface area contributed by atoms with Gasteiger partial charge in [-0.2, -0.15) is 9.97 Å². The number of nitrogens with zero attached hydrogens (tertiary/aromatic N) is 3. The number of nitrogens with two attached hydrogens (primary N) is 1. The van der Waals surface area contributed by atoms with Gasteiger partial charge in [-0.3, -0.25) is 0 Å². The maximum Gasteiger partial charge on any atom is 0.223 e. The molecule has 122 valence electrons. The van der Waals surface area contributed by atoms with E-state index in [9.17, 15) is 5.11 Å². The van der Waals surface area contributed by atoms with E-state index in [1.54, 1.807) is 7.05 Å². The molecular weight excluding hydrogens is 290 g/mol. The van der Waals surface area contributed by atoms with Crippen LogP contribution in [-0.2, 0) is 6.42 Å². The Morgan fingerprint density at radius 3 is 2.83 bits per heavy atom. The predicted octanol–water partition coefficient (Wildman–Crippen LogP) is 1.67. The van der Waals surface area contributed by atoms with E-state index in [0.717, 1.165) is 30.8 Å². The highest BCUT2D eigenvalue weighted by molar-refractivity contribution is 5.53. The fraction of sp³-hybridized carbons (Fsp3) is 0.412. The van der Waals surface area contributed by atoms with Crippen molar-refractivity contribution in [1.82, 2.24) is 9.97 Å². The van der Waals surface area contributed by atoms with Crippen LogP contribution in [-0.4, -0.2) is 40.8 Å². The summed E-state index contributed by atoms with van der Waals surface area (Å²) in [5.74, 6) is 1.68. The molecule has 4 N–H and O–H groups in total. The first-order valence-corrected chi connectivity index (χ1v) is 7.92. The first-order valence-electron chi connectivity index (χ1n) is 7.92. The lowest BCUT2D eigenvalue weighted by Crippen LogP contribution is -2.50. The number of β-amino-alcohol motifs (C(OH)–C–C–N with tert-alkyl or cyclic N) is 1. The molecule has 1 aromatic heterocycles. The third-order valence-electron chi connectivity index (χ3n) is 4.24. The number of hydrogen-bond acceptors (Lipinski definition) is 6. The zero-order valence-electron chi connectivity index (χ0n) is 13.4. The molecule has 1 aliphatic rings. The highest BCUT2D eigenvalue weighted by atomic mass is 16.3. The van der Waals surface area contributed by atoms with Crippen LogP contribution in [0.3, 0.4) is 0 Å². The Labute approximate surface area is 136 Å². The monoisotopic (exact) mass is 313 g/mol. The van der Waals surface area contributed by atoms with Gasteiger partial charge < -0.3 is 21.1 Å². The molecule has 1 aliphatic heterocycles. The van der Waals surface area contributed by atoms with E-state index in [1.165, 1.54) is 0 Å². The molecule has 1 atom stereocenters. The summed E-state index contributed by atoms with van der Waals surface area (Å²) < 4.78 is 0. The highest BCUT2D eigenvalue weighted by Crippen LogP contribution is 2.29. The molecule has 23 heavy (non-hydrogen) atoms. The number of benzene rings is 1. The molecule has 1 unspecified atom stereocenters. The summed E-state index contributed by atoms with van der Waals surface area (Å²) in [4.78, 5) is 10.5. The van der Waals surface area contributed by atoms with Crippen molar-refractivity contribution in [2.24, 2.45) is 0 Å². The number of hydrogen-bond donors (Lipinski definition) is 3. The summed E-state index contributed by atoms with van der Waals surface area (Å²) in [5, 5.41) is 14.0. The van der Waals surface area contributed by atoms with Gasteiger partial charge in [0.2, 0.25) is 5.95 Å². The van der Waals surface area contributed by atoms with Gasteiger partial charge in [0.15, 0.2) is 0 Å². The van der Waals surface area contributed by atoms with Crippen LogP contribution >= 0.6 is 0 Å². The first-order chi connectivity index (χ1) is 11.1. The predicted molar refractivity (Wildman–Crippen MR) is 92.5 cm³/mol.